The molecule has 4 heteroatoms. The lowest BCUT2D eigenvalue weighted by molar-refractivity contribution is 0.415. The molecule has 3 nitrogen and oxygen atoms in total. The van der Waals surface area contributed by atoms with Crippen molar-refractivity contribution in [3.8, 4) is 16.2 Å². The van der Waals surface area contributed by atoms with Gasteiger partial charge in [-0.2, -0.15) is 0 Å². The van der Waals surface area contributed by atoms with Crippen molar-refractivity contribution in [3.05, 3.63) is 35.0 Å². The number of nitrogens with zero attached hydrogens (tertiary/aromatic N) is 1. The summed E-state index contributed by atoms with van der Waals surface area (Å²) in [5.41, 5.74) is 7.80. The highest BCUT2D eigenvalue weighted by Gasteiger charge is 2.09. The Morgan fingerprint density at radius 2 is 2.00 bits per heavy atom. The number of hydrogen-bond donors (Lipinski definition) is 1. The van der Waals surface area contributed by atoms with Gasteiger partial charge in [0.25, 0.3) is 0 Å². The molecule has 0 aliphatic carbocycles. The Kier molecular flexibility index (Phi) is 3.76. The van der Waals surface area contributed by atoms with E-state index in [1.54, 1.807) is 18.4 Å². The minimum atomic E-state index is 0.648. The predicted molar refractivity (Wildman–Crippen MR) is 71.6 cm³/mol. The van der Waals surface area contributed by atoms with E-state index >= 15 is 0 Å². The molecule has 2 rings (SSSR count). The lowest BCUT2D eigenvalue weighted by Gasteiger charge is -2.01. The summed E-state index contributed by atoms with van der Waals surface area (Å²) in [5, 5.41) is 1.11. The summed E-state index contributed by atoms with van der Waals surface area (Å²) in [6, 6.07) is 8.06. The molecule has 0 aliphatic rings. The molecule has 17 heavy (non-hydrogen) atoms. The third-order valence-corrected chi connectivity index (χ3v) is 3.82. The number of nitrogens with two attached hydrogens (primary N) is 1. The fourth-order valence-electron chi connectivity index (χ4n) is 1.69. The molecule has 0 spiro atoms. The van der Waals surface area contributed by atoms with Gasteiger partial charge in [0.2, 0.25) is 0 Å². The van der Waals surface area contributed by atoms with Gasteiger partial charge in [-0.15, -0.1) is 11.3 Å². The minimum Gasteiger partial charge on any atom is -0.497 e. The van der Waals surface area contributed by atoms with E-state index in [1.807, 2.05) is 19.1 Å². The van der Waals surface area contributed by atoms with Crippen molar-refractivity contribution in [2.45, 2.75) is 13.3 Å². The Bertz CT molecular complexity index is 491. The molecule has 2 aromatic rings. The number of thiazole rings is 1. The smallest absolute Gasteiger partial charge is 0.118 e. The van der Waals surface area contributed by atoms with E-state index in [1.165, 1.54) is 10.4 Å². The zero-order valence-electron chi connectivity index (χ0n) is 10.1. The van der Waals surface area contributed by atoms with E-state index in [0.717, 1.165) is 22.9 Å². The largest absolute Gasteiger partial charge is 0.497 e. The predicted octanol–water partition coefficient (Wildman–Crippen LogP) is 2.63. The maximum atomic E-state index is 5.55. The molecule has 0 amide bonds. The summed E-state index contributed by atoms with van der Waals surface area (Å²) in [4.78, 5) is 5.75. The topological polar surface area (TPSA) is 48.1 Å². The van der Waals surface area contributed by atoms with Crippen LogP contribution in [-0.4, -0.2) is 18.6 Å². The molecular formula is C13H16N2OS. The van der Waals surface area contributed by atoms with Crippen LogP contribution >= 0.6 is 11.3 Å². The highest BCUT2D eigenvalue weighted by molar-refractivity contribution is 7.15. The van der Waals surface area contributed by atoms with Crippen LogP contribution in [0.3, 0.4) is 0 Å². The molecular weight excluding hydrogens is 232 g/mol. The maximum Gasteiger partial charge on any atom is 0.118 e. The highest BCUT2D eigenvalue weighted by atomic mass is 32.1. The van der Waals surface area contributed by atoms with Crippen LogP contribution in [0.25, 0.3) is 10.4 Å². The number of hydrogen-bond acceptors (Lipinski definition) is 4. The molecule has 1 heterocycles. The van der Waals surface area contributed by atoms with Gasteiger partial charge in [0.05, 0.1) is 22.7 Å². The Labute approximate surface area is 105 Å². The second kappa shape index (κ2) is 5.29. The first-order valence-corrected chi connectivity index (χ1v) is 6.37. The molecule has 0 saturated carbocycles. The Hall–Kier alpha value is -1.39. The molecule has 0 aliphatic heterocycles. The Morgan fingerprint density at radius 3 is 2.59 bits per heavy atom. The van der Waals surface area contributed by atoms with Crippen LogP contribution in [0.5, 0.6) is 5.75 Å². The highest BCUT2D eigenvalue weighted by Crippen LogP contribution is 2.31. The van der Waals surface area contributed by atoms with Gasteiger partial charge >= 0.3 is 0 Å². The summed E-state index contributed by atoms with van der Waals surface area (Å²) in [7, 11) is 1.67. The molecule has 0 atom stereocenters. The monoisotopic (exact) mass is 248 g/mol. The van der Waals surface area contributed by atoms with Crippen molar-refractivity contribution in [1.82, 2.24) is 4.98 Å². The van der Waals surface area contributed by atoms with Crippen LogP contribution in [0.15, 0.2) is 24.3 Å². The van der Waals surface area contributed by atoms with Gasteiger partial charge in [-0.1, -0.05) is 0 Å². The van der Waals surface area contributed by atoms with E-state index in [9.17, 15) is 0 Å². The molecule has 90 valence electrons. The van der Waals surface area contributed by atoms with E-state index in [2.05, 4.69) is 17.1 Å². The first-order valence-electron chi connectivity index (χ1n) is 5.55. The third-order valence-electron chi connectivity index (χ3n) is 2.55. The van der Waals surface area contributed by atoms with Crippen LogP contribution < -0.4 is 10.5 Å². The molecule has 0 bridgehead atoms. The van der Waals surface area contributed by atoms with Crippen LogP contribution in [-0.2, 0) is 6.42 Å². The van der Waals surface area contributed by atoms with Crippen molar-refractivity contribution in [2.24, 2.45) is 5.73 Å². The molecule has 2 N–H and O–H groups in total. The van der Waals surface area contributed by atoms with Crippen molar-refractivity contribution in [2.75, 3.05) is 13.7 Å². The van der Waals surface area contributed by atoms with Gasteiger partial charge in [0, 0.05) is 6.42 Å². The third kappa shape index (κ3) is 2.65. The number of aryl methyl sites for hydroxylation is 1. The van der Waals surface area contributed by atoms with E-state index in [-0.39, 0.29) is 0 Å². The first kappa shape index (κ1) is 12.1. The average molecular weight is 248 g/mol. The van der Waals surface area contributed by atoms with Gasteiger partial charge in [-0.3, -0.25) is 0 Å². The molecule has 0 radical (unpaired) electrons. The molecule has 1 aromatic heterocycles. The summed E-state index contributed by atoms with van der Waals surface area (Å²) in [5.74, 6) is 0.873. The van der Waals surface area contributed by atoms with E-state index in [0.29, 0.717) is 6.54 Å². The van der Waals surface area contributed by atoms with Crippen molar-refractivity contribution in [3.63, 3.8) is 0 Å². The second-order valence-corrected chi connectivity index (χ2v) is 4.87. The fourth-order valence-corrected chi connectivity index (χ4v) is 2.78. The summed E-state index contributed by atoms with van der Waals surface area (Å²) in [6.07, 6.45) is 0.849. The quantitative estimate of drug-likeness (QED) is 0.904. The van der Waals surface area contributed by atoms with E-state index in [4.69, 9.17) is 10.5 Å². The van der Waals surface area contributed by atoms with Gasteiger partial charge in [0.15, 0.2) is 0 Å². The maximum absolute atomic E-state index is 5.55. The van der Waals surface area contributed by atoms with Crippen LogP contribution in [0, 0.1) is 6.92 Å². The average Bonchev–Trinajstić information content (AvgIpc) is 2.71. The fraction of sp³-hybridized carbons (Fsp3) is 0.308. The SMILES string of the molecule is COc1ccc(-c2sc(CCN)nc2C)cc1. The number of methoxy groups -OCH3 is 1. The molecule has 0 saturated heterocycles. The van der Waals surface area contributed by atoms with E-state index < -0.39 is 0 Å². The summed E-state index contributed by atoms with van der Waals surface area (Å²) < 4.78 is 5.15. The Morgan fingerprint density at radius 1 is 1.29 bits per heavy atom. The molecule has 0 unspecified atom stereocenters. The summed E-state index contributed by atoms with van der Waals surface area (Å²) >= 11 is 1.72. The minimum absolute atomic E-state index is 0.648. The van der Waals surface area contributed by atoms with Gasteiger partial charge < -0.3 is 10.5 Å². The first-order chi connectivity index (χ1) is 8.24. The van der Waals surface area contributed by atoms with Crippen molar-refractivity contribution < 1.29 is 4.74 Å². The van der Waals surface area contributed by atoms with Crippen LogP contribution in [0.1, 0.15) is 10.7 Å². The van der Waals surface area contributed by atoms with Gasteiger partial charge in [0.1, 0.15) is 5.75 Å². The van der Waals surface area contributed by atoms with Gasteiger partial charge in [-0.05, 0) is 43.3 Å². The molecule has 1 aromatic carbocycles. The standard InChI is InChI=1S/C13H16N2OS/c1-9-13(17-12(15-9)7-8-14)10-3-5-11(16-2)6-4-10/h3-6H,7-8,14H2,1-2H3. The van der Waals surface area contributed by atoms with Crippen LogP contribution in [0.4, 0.5) is 0 Å². The number of benzene rings is 1. The van der Waals surface area contributed by atoms with Crippen molar-refractivity contribution in [1.29, 1.82) is 0 Å². The number of rotatable bonds is 4. The molecule has 0 fully saturated rings. The van der Waals surface area contributed by atoms with Gasteiger partial charge in [-0.25, -0.2) is 4.98 Å². The zero-order chi connectivity index (χ0) is 12.3. The zero-order valence-corrected chi connectivity index (χ0v) is 10.9. The normalized spacial score (nSPS) is 10.5. The lowest BCUT2D eigenvalue weighted by Crippen LogP contribution is -2.01. The number of ether oxygens (including phenoxy) is 1. The summed E-state index contributed by atoms with van der Waals surface area (Å²) in [6.45, 7) is 2.69. The van der Waals surface area contributed by atoms with Crippen LogP contribution in [0.2, 0.25) is 0 Å². The Balaban J connectivity index is 2.31. The second-order valence-electron chi connectivity index (χ2n) is 3.79. The number of aromatic nitrogens is 1. The van der Waals surface area contributed by atoms with Crippen molar-refractivity contribution >= 4 is 11.3 Å². The lowest BCUT2D eigenvalue weighted by atomic mass is 10.1.